The molecule has 5 nitrogen and oxygen atoms in total. The number of aliphatic imine (C=N–C) groups is 1. The molecular weight excluding hydrogens is 455 g/mol. The first-order valence-corrected chi connectivity index (χ1v) is 8.60. The lowest BCUT2D eigenvalue weighted by atomic mass is 9.87. The maximum atomic E-state index is 12.5. The molecule has 1 aromatic rings. The molecule has 0 unspecified atom stereocenters. The fourth-order valence-corrected chi connectivity index (χ4v) is 3.00. The minimum absolute atomic E-state index is 0. The van der Waals surface area contributed by atoms with Crippen molar-refractivity contribution in [1.82, 2.24) is 10.6 Å². The first kappa shape index (κ1) is 22.7. The van der Waals surface area contributed by atoms with Crippen LogP contribution in [0.15, 0.2) is 23.2 Å². The topological polar surface area (TPSA) is 54.9 Å². The molecule has 0 aliphatic heterocycles. The van der Waals surface area contributed by atoms with E-state index in [0.717, 1.165) is 24.3 Å². The molecule has 2 rings (SSSR count). The van der Waals surface area contributed by atoms with E-state index in [0.29, 0.717) is 18.5 Å². The largest absolute Gasteiger partial charge is 0.493 e. The van der Waals surface area contributed by atoms with E-state index >= 15 is 0 Å². The van der Waals surface area contributed by atoms with Gasteiger partial charge in [-0.25, -0.2) is 0 Å². The Bertz CT molecular complexity index is 580. The van der Waals surface area contributed by atoms with Crippen molar-refractivity contribution in [1.29, 1.82) is 0 Å². The molecule has 0 saturated heterocycles. The number of nitrogens with zero attached hydrogens (tertiary/aromatic N) is 1. The lowest BCUT2D eigenvalue weighted by Crippen LogP contribution is -2.44. The highest BCUT2D eigenvalue weighted by atomic mass is 127. The summed E-state index contributed by atoms with van der Waals surface area (Å²) in [6.07, 6.45) is 4.72. The van der Waals surface area contributed by atoms with E-state index in [1.54, 1.807) is 25.2 Å². The van der Waals surface area contributed by atoms with Crippen LogP contribution in [0.3, 0.4) is 0 Å². The highest BCUT2D eigenvalue weighted by Crippen LogP contribution is 2.29. The summed E-state index contributed by atoms with van der Waals surface area (Å²) < 4.78 is 34.6. The van der Waals surface area contributed by atoms with Gasteiger partial charge in [-0.3, -0.25) is 4.99 Å². The predicted octanol–water partition coefficient (Wildman–Crippen LogP) is 4.16. The zero-order chi connectivity index (χ0) is 18.2. The van der Waals surface area contributed by atoms with E-state index in [1.807, 2.05) is 0 Å². The Labute approximate surface area is 171 Å². The van der Waals surface area contributed by atoms with Crippen molar-refractivity contribution >= 4 is 29.9 Å². The minimum atomic E-state index is -2.89. The van der Waals surface area contributed by atoms with Crippen LogP contribution in [0.2, 0.25) is 0 Å². The quantitative estimate of drug-likeness (QED) is 0.363. The molecule has 0 amide bonds. The monoisotopic (exact) mass is 483 g/mol. The zero-order valence-corrected chi connectivity index (χ0v) is 17.8. The van der Waals surface area contributed by atoms with E-state index in [2.05, 4.69) is 27.3 Å². The molecule has 1 aliphatic rings. The second-order valence-corrected chi connectivity index (χ2v) is 6.39. The van der Waals surface area contributed by atoms with Gasteiger partial charge in [-0.1, -0.05) is 13.0 Å². The highest BCUT2D eigenvalue weighted by Gasteiger charge is 2.19. The average Bonchev–Trinajstić information content (AvgIpc) is 2.60. The second-order valence-electron chi connectivity index (χ2n) is 6.39. The van der Waals surface area contributed by atoms with Gasteiger partial charge in [-0.2, -0.15) is 8.78 Å². The maximum Gasteiger partial charge on any atom is 0.387 e. The minimum Gasteiger partial charge on any atom is -0.493 e. The molecule has 0 spiro atoms. The molecule has 0 heterocycles. The Morgan fingerprint density at radius 3 is 2.50 bits per heavy atom. The van der Waals surface area contributed by atoms with E-state index in [9.17, 15) is 8.78 Å². The smallest absolute Gasteiger partial charge is 0.387 e. The van der Waals surface area contributed by atoms with Crippen molar-refractivity contribution in [2.45, 2.75) is 51.8 Å². The van der Waals surface area contributed by atoms with Crippen molar-refractivity contribution < 1.29 is 18.3 Å². The van der Waals surface area contributed by atoms with Crippen LogP contribution in [0.5, 0.6) is 11.5 Å². The van der Waals surface area contributed by atoms with E-state index in [4.69, 9.17) is 4.74 Å². The van der Waals surface area contributed by atoms with E-state index < -0.39 is 6.61 Å². The summed E-state index contributed by atoms with van der Waals surface area (Å²) in [6.45, 7) is -0.154. The van der Waals surface area contributed by atoms with Crippen LogP contribution >= 0.6 is 24.0 Å². The van der Waals surface area contributed by atoms with Crippen molar-refractivity contribution in [2.75, 3.05) is 14.2 Å². The van der Waals surface area contributed by atoms with Crippen LogP contribution < -0.4 is 20.1 Å². The van der Waals surface area contributed by atoms with E-state index in [-0.39, 0.29) is 35.5 Å². The van der Waals surface area contributed by atoms with Gasteiger partial charge < -0.3 is 20.1 Å². The molecule has 1 saturated carbocycles. The van der Waals surface area contributed by atoms with Crippen LogP contribution in [0, 0.1) is 5.92 Å². The third-order valence-corrected chi connectivity index (χ3v) is 4.48. The SMILES string of the molecule is CN=C(NCc1ccc(OC)c(OC(F)F)c1)NC1CCC(C)CC1.I. The molecule has 1 fully saturated rings. The van der Waals surface area contributed by atoms with Gasteiger partial charge >= 0.3 is 6.61 Å². The number of rotatable bonds is 6. The molecule has 1 aromatic carbocycles. The standard InChI is InChI=1S/C18H27F2N3O2.HI/c1-12-4-7-14(8-5-12)23-18(21-2)22-11-13-6-9-15(24-3)16(10-13)25-17(19)20;/h6,9-10,12,14,17H,4-5,7-8,11H2,1-3H3,(H2,21,22,23);1H. The Morgan fingerprint density at radius 2 is 1.92 bits per heavy atom. The van der Waals surface area contributed by atoms with Gasteiger partial charge in [-0.15, -0.1) is 24.0 Å². The van der Waals surface area contributed by atoms with Gasteiger partial charge in [0.2, 0.25) is 0 Å². The number of guanidine groups is 1. The number of hydrogen-bond donors (Lipinski definition) is 2. The molecule has 148 valence electrons. The summed E-state index contributed by atoms with van der Waals surface area (Å²) in [6, 6.07) is 5.40. The van der Waals surface area contributed by atoms with Gasteiger partial charge in [0.1, 0.15) is 0 Å². The maximum absolute atomic E-state index is 12.5. The molecule has 8 heteroatoms. The van der Waals surface area contributed by atoms with Crippen molar-refractivity contribution in [3.63, 3.8) is 0 Å². The second kappa shape index (κ2) is 11.4. The number of ether oxygens (including phenoxy) is 2. The van der Waals surface area contributed by atoms with Crippen molar-refractivity contribution in [3.8, 4) is 11.5 Å². The zero-order valence-electron chi connectivity index (χ0n) is 15.4. The fraction of sp³-hybridized carbons (Fsp3) is 0.611. The lowest BCUT2D eigenvalue weighted by molar-refractivity contribution is -0.0512. The first-order valence-electron chi connectivity index (χ1n) is 8.60. The Hall–Kier alpha value is -1.32. The summed E-state index contributed by atoms with van der Waals surface area (Å²) in [5, 5.41) is 6.65. The van der Waals surface area contributed by atoms with Crippen LogP contribution in [0.4, 0.5) is 8.78 Å². The lowest BCUT2D eigenvalue weighted by Gasteiger charge is -2.28. The summed E-state index contributed by atoms with van der Waals surface area (Å²) >= 11 is 0. The van der Waals surface area contributed by atoms with Gasteiger partial charge in [-0.05, 0) is 49.3 Å². The molecule has 1 aliphatic carbocycles. The molecular formula is C18H28F2IN3O2. The summed E-state index contributed by atoms with van der Waals surface area (Å²) in [5.74, 6) is 1.82. The third kappa shape index (κ3) is 7.13. The molecule has 0 radical (unpaired) electrons. The first-order chi connectivity index (χ1) is 12.0. The Morgan fingerprint density at radius 1 is 1.23 bits per heavy atom. The number of methoxy groups -OCH3 is 1. The average molecular weight is 483 g/mol. The van der Waals surface area contributed by atoms with Crippen molar-refractivity contribution in [2.24, 2.45) is 10.9 Å². The molecule has 26 heavy (non-hydrogen) atoms. The third-order valence-electron chi connectivity index (χ3n) is 4.48. The van der Waals surface area contributed by atoms with Crippen molar-refractivity contribution in [3.05, 3.63) is 23.8 Å². The number of hydrogen-bond acceptors (Lipinski definition) is 3. The van der Waals surface area contributed by atoms with Gasteiger partial charge in [0.25, 0.3) is 0 Å². The number of benzene rings is 1. The van der Waals surface area contributed by atoms with Crippen LogP contribution in [0.25, 0.3) is 0 Å². The van der Waals surface area contributed by atoms with Gasteiger partial charge in [0.05, 0.1) is 7.11 Å². The normalized spacial score (nSPS) is 20.3. The summed E-state index contributed by atoms with van der Waals surface area (Å²) in [4.78, 5) is 4.24. The predicted molar refractivity (Wildman–Crippen MR) is 110 cm³/mol. The van der Waals surface area contributed by atoms with Gasteiger partial charge in [0, 0.05) is 19.6 Å². The number of nitrogens with one attached hydrogen (secondary N) is 2. The van der Waals surface area contributed by atoms with Crippen LogP contribution in [0.1, 0.15) is 38.2 Å². The molecule has 0 aromatic heterocycles. The number of alkyl halides is 2. The van der Waals surface area contributed by atoms with Crippen LogP contribution in [-0.2, 0) is 6.54 Å². The highest BCUT2D eigenvalue weighted by molar-refractivity contribution is 14.0. The van der Waals surface area contributed by atoms with E-state index in [1.165, 1.54) is 20.0 Å². The Balaban J connectivity index is 0.00000338. The molecule has 2 N–H and O–H groups in total. The summed E-state index contributed by atoms with van der Waals surface area (Å²) in [7, 11) is 3.14. The molecule has 0 bridgehead atoms. The van der Waals surface area contributed by atoms with Gasteiger partial charge in [0.15, 0.2) is 17.5 Å². The van der Waals surface area contributed by atoms with Crippen LogP contribution in [-0.4, -0.2) is 32.8 Å². The molecule has 0 atom stereocenters. The fourth-order valence-electron chi connectivity index (χ4n) is 3.00. The summed E-state index contributed by atoms with van der Waals surface area (Å²) in [5.41, 5.74) is 0.802. The number of halogens is 3. The Kier molecular flexibility index (Phi) is 9.97.